The van der Waals surface area contributed by atoms with E-state index in [1.165, 1.54) is 6.42 Å². The molecule has 0 saturated carbocycles. The maximum atomic E-state index is 5.80. The first-order valence-electron chi connectivity index (χ1n) is 6.46. The number of aromatic nitrogens is 2. The van der Waals surface area contributed by atoms with Crippen LogP contribution in [-0.4, -0.2) is 34.7 Å². The first-order valence-corrected chi connectivity index (χ1v) is 6.46. The van der Waals surface area contributed by atoms with Crippen molar-refractivity contribution in [1.29, 1.82) is 0 Å². The van der Waals surface area contributed by atoms with Gasteiger partial charge in [-0.2, -0.15) is 4.98 Å². The van der Waals surface area contributed by atoms with Crippen molar-refractivity contribution in [2.45, 2.75) is 33.2 Å². The van der Waals surface area contributed by atoms with E-state index >= 15 is 0 Å². The molecule has 1 saturated heterocycles. The Morgan fingerprint density at radius 1 is 1.53 bits per heavy atom. The summed E-state index contributed by atoms with van der Waals surface area (Å²) in [6.07, 6.45) is 2.01. The third-order valence-corrected chi connectivity index (χ3v) is 3.68. The van der Waals surface area contributed by atoms with Crippen molar-refractivity contribution in [2.75, 3.05) is 19.6 Å². The molecule has 2 N–H and O–H groups in total. The minimum atomic E-state index is 0.598. The summed E-state index contributed by atoms with van der Waals surface area (Å²) in [6.45, 7) is 8.01. The van der Waals surface area contributed by atoms with Crippen LogP contribution >= 0.6 is 0 Å². The van der Waals surface area contributed by atoms with E-state index in [1.54, 1.807) is 0 Å². The summed E-state index contributed by atoms with van der Waals surface area (Å²) in [5.41, 5.74) is 5.80. The summed E-state index contributed by atoms with van der Waals surface area (Å²) < 4.78 is 5.12. The predicted molar refractivity (Wildman–Crippen MR) is 65.3 cm³/mol. The van der Waals surface area contributed by atoms with Gasteiger partial charge in [0.2, 0.25) is 5.89 Å². The van der Waals surface area contributed by atoms with E-state index in [9.17, 15) is 0 Å². The van der Waals surface area contributed by atoms with Crippen molar-refractivity contribution >= 4 is 0 Å². The van der Waals surface area contributed by atoms with Gasteiger partial charge in [0.1, 0.15) is 0 Å². The van der Waals surface area contributed by atoms with E-state index < -0.39 is 0 Å². The van der Waals surface area contributed by atoms with E-state index in [4.69, 9.17) is 10.3 Å². The SMILES string of the molecule is CCc1nc(CN2CCC(C)C(CN)C2)no1. The minimum Gasteiger partial charge on any atom is -0.339 e. The Labute approximate surface area is 102 Å². The third-order valence-electron chi connectivity index (χ3n) is 3.68. The van der Waals surface area contributed by atoms with E-state index in [2.05, 4.69) is 22.0 Å². The lowest BCUT2D eigenvalue weighted by molar-refractivity contribution is 0.122. The first-order chi connectivity index (χ1) is 8.22. The fourth-order valence-corrected chi connectivity index (χ4v) is 2.37. The topological polar surface area (TPSA) is 68.2 Å². The molecule has 1 aromatic heterocycles. The smallest absolute Gasteiger partial charge is 0.226 e. The zero-order chi connectivity index (χ0) is 12.3. The highest BCUT2D eigenvalue weighted by Crippen LogP contribution is 2.22. The molecule has 5 nitrogen and oxygen atoms in total. The number of aryl methyl sites for hydroxylation is 1. The Hall–Kier alpha value is -0.940. The van der Waals surface area contributed by atoms with Gasteiger partial charge in [-0.15, -0.1) is 0 Å². The largest absolute Gasteiger partial charge is 0.339 e. The molecule has 5 heteroatoms. The highest BCUT2D eigenvalue weighted by Gasteiger charge is 2.25. The standard InChI is InChI=1S/C12H22N4O/c1-3-12-14-11(15-17-12)8-16-5-4-9(2)10(6-13)7-16/h9-10H,3-8,13H2,1-2H3. The first kappa shape index (κ1) is 12.5. The van der Waals surface area contributed by atoms with E-state index in [1.807, 2.05) is 6.92 Å². The number of hydrogen-bond acceptors (Lipinski definition) is 5. The Kier molecular flexibility index (Phi) is 4.12. The van der Waals surface area contributed by atoms with Gasteiger partial charge in [-0.1, -0.05) is 19.0 Å². The molecule has 2 unspecified atom stereocenters. The number of hydrogen-bond donors (Lipinski definition) is 1. The third kappa shape index (κ3) is 3.04. The Morgan fingerprint density at radius 2 is 2.35 bits per heavy atom. The lowest BCUT2D eigenvalue weighted by atomic mass is 9.87. The summed E-state index contributed by atoms with van der Waals surface area (Å²) in [5, 5.41) is 3.99. The van der Waals surface area contributed by atoms with Gasteiger partial charge in [0.25, 0.3) is 0 Å². The van der Waals surface area contributed by atoms with Gasteiger partial charge in [-0.3, -0.25) is 4.90 Å². The molecule has 0 aliphatic carbocycles. The molecule has 1 aliphatic heterocycles. The van der Waals surface area contributed by atoms with E-state index in [0.717, 1.165) is 50.2 Å². The molecule has 2 heterocycles. The molecule has 1 aliphatic rings. The van der Waals surface area contributed by atoms with Crippen molar-refractivity contribution in [2.24, 2.45) is 17.6 Å². The lowest BCUT2D eigenvalue weighted by Crippen LogP contribution is -2.42. The van der Waals surface area contributed by atoms with Gasteiger partial charge in [0.15, 0.2) is 5.82 Å². The fraction of sp³-hybridized carbons (Fsp3) is 0.833. The minimum absolute atomic E-state index is 0.598. The highest BCUT2D eigenvalue weighted by atomic mass is 16.5. The molecule has 2 rings (SSSR count). The Bertz CT molecular complexity index is 352. The summed E-state index contributed by atoms with van der Waals surface area (Å²) in [6, 6.07) is 0. The molecular formula is C12H22N4O. The second-order valence-corrected chi connectivity index (χ2v) is 4.95. The molecule has 96 valence electrons. The molecule has 0 radical (unpaired) electrons. The van der Waals surface area contributed by atoms with Crippen LogP contribution < -0.4 is 5.73 Å². The van der Waals surface area contributed by atoms with Gasteiger partial charge >= 0.3 is 0 Å². The number of piperidine rings is 1. The van der Waals surface area contributed by atoms with Crippen molar-refractivity contribution in [3.63, 3.8) is 0 Å². The maximum absolute atomic E-state index is 5.80. The molecule has 0 amide bonds. The van der Waals surface area contributed by atoms with Crippen LogP contribution in [0.1, 0.15) is 32.0 Å². The second kappa shape index (κ2) is 5.60. The van der Waals surface area contributed by atoms with Crippen LogP contribution in [0.2, 0.25) is 0 Å². The Balaban J connectivity index is 1.90. The zero-order valence-corrected chi connectivity index (χ0v) is 10.7. The van der Waals surface area contributed by atoms with Crippen LogP contribution in [0.5, 0.6) is 0 Å². The molecule has 0 bridgehead atoms. The molecular weight excluding hydrogens is 216 g/mol. The highest BCUT2D eigenvalue weighted by molar-refractivity contribution is 4.88. The van der Waals surface area contributed by atoms with Crippen LogP contribution in [0.4, 0.5) is 0 Å². The van der Waals surface area contributed by atoms with Crippen LogP contribution in [0, 0.1) is 11.8 Å². The monoisotopic (exact) mass is 238 g/mol. The van der Waals surface area contributed by atoms with Crippen LogP contribution in [-0.2, 0) is 13.0 Å². The fourth-order valence-electron chi connectivity index (χ4n) is 2.37. The normalized spacial score (nSPS) is 26.3. The zero-order valence-electron chi connectivity index (χ0n) is 10.7. The van der Waals surface area contributed by atoms with Crippen LogP contribution in [0.3, 0.4) is 0 Å². The van der Waals surface area contributed by atoms with E-state index in [0.29, 0.717) is 5.92 Å². The van der Waals surface area contributed by atoms with Crippen molar-refractivity contribution in [3.8, 4) is 0 Å². The second-order valence-electron chi connectivity index (χ2n) is 4.95. The lowest BCUT2D eigenvalue weighted by Gasteiger charge is -2.35. The average molecular weight is 238 g/mol. The predicted octanol–water partition coefficient (Wildman–Crippen LogP) is 1.05. The molecule has 2 atom stereocenters. The molecule has 0 spiro atoms. The average Bonchev–Trinajstić information content (AvgIpc) is 2.79. The summed E-state index contributed by atoms with van der Waals surface area (Å²) in [4.78, 5) is 6.72. The van der Waals surface area contributed by atoms with Crippen molar-refractivity contribution in [3.05, 3.63) is 11.7 Å². The molecule has 0 aromatic carbocycles. The van der Waals surface area contributed by atoms with Gasteiger partial charge < -0.3 is 10.3 Å². The number of nitrogens with zero attached hydrogens (tertiary/aromatic N) is 3. The quantitative estimate of drug-likeness (QED) is 0.849. The van der Waals surface area contributed by atoms with Crippen molar-refractivity contribution < 1.29 is 4.52 Å². The van der Waals surface area contributed by atoms with Crippen LogP contribution in [0.25, 0.3) is 0 Å². The molecule has 17 heavy (non-hydrogen) atoms. The molecule has 1 fully saturated rings. The van der Waals surface area contributed by atoms with E-state index in [-0.39, 0.29) is 0 Å². The Morgan fingerprint density at radius 3 is 3.00 bits per heavy atom. The summed E-state index contributed by atoms with van der Waals surface area (Å²) >= 11 is 0. The van der Waals surface area contributed by atoms with Crippen molar-refractivity contribution in [1.82, 2.24) is 15.0 Å². The van der Waals surface area contributed by atoms with Gasteiger partial charge in [0, 0.05) is 13.0 Å². The number of likely N-dealkylation sites (tertiary alicyclic amines) is 1. The van der Waals surface area contributed by atoms with Gasteiger partial charge in [-0.05, 0) is 31.3 Å². The maximum Gasteiger partial charge on any atom is 0.226 e. The summed E-state index contributed by atoms with van der Waals surface area (Å²) in [5.74, 6) is 2.85. The summed E-state index contributed by atoms with van der Waals surface area (Å²) in [7, 11) is 0. The van der Waals surface area contributed by atoms with Gasteiger partial charge in [0.05, 0.1) is 6.54 Å². The number of nitrogens with two attached hydrogens (primary N) is 1. The van der Waals surface area contributed by atoms with Crippen LogP contribution in [0.15, 0.2) is 4.52 Å². The number of rotatable bonds is 4. The van der Waals surface area contributed by atoms with Gasteiger partial charge in [-0.25, -0.2) is 0 Å². The molecule has 1 aromatic rings.